The van der Waals surface area contributed by atoms with Crippen LogP contribution < -0.4 is 5.57 Å². The van der Waals surface area contributed by atoms with Crippen molar-refractivity contribution < 1.29 is 0 Å². The lowest BCUT2D eigenvalue weighted by molar-refractivity contribution is 1.09. The molecule has 0 aliphatic heterocycles. The Hall–Kier alpha value is -1.12. The van der Waals surface area contributed by atoms with Crippen molar-refractivity contribution in [3.05, 3.63) is 35.1 Å². The quantitative estimate of drug-likeness (QED) is 0.673. The first-order valence-electron chi connectivity index (χ1n) is 6.61. The van der Waals surface area contributed by atoms with Gasteiger partial charge >= 0.3 is 0 Å². The van der Waals surface area contributed by atoms with E-state index in [2.05, 4.69) is 69.6 Å². The molecule has 2 aromatic heterocycles. The number of fused-ring (bicyclic) bond motifs is 1. The Morgan fingerprint density at radius 3 is 2.85 bits per heavy atom. The van der Waals surface area contributed by atoms with Crippen molar-refractivity contribution >= 4 is 40.3 Å². The van der Waals surface area contributed by atoms with Crippen molar-refractivity contribution in [1.29, 1.82) is 0 Å². The number of benzene rings is 1. The number of imidazole rings is 1. The fourth-order valence-corrected chi connectivity index (χ4v) is 3.58. The minimum atomic E-state index is -0.222. The Morgan fingerprint density at radius 2 is 2.10 bits per heavy atom. The van der Waals surface area contributed by atoms with Crippen molar-refractivity contribution in [2.75, 3.05) is 6.66 Å². The van der Waals surface area contributed by atoms with E-state index in [1.165, 1.54) is 10.9 Å². The number of nitrogens with zero attached hydrogens (tertiary/aromatic N) is 1. The Kier molecular flexibility index (Phi) is 3.70. The van der Waals surface area contributed by atoms with Gasteiger partial charge in [-0.05, 0) is 32.4 Å². The standard InChI is InChI=1S/C15H17BrN3P/c1-9(2)20(3)15-18-8-14(19-15)12-7-17-13-6-10(16)4-5-11(12)13/h4-9,17H,1-3H3,(H,18,19). The van der Waals surface area contributed by atoms with Crippen LogP contribution in [0.2, 0.25) is 0 Å². The molecule has 0 amide bonds. The first-order chi connectivity index (χ1) is 9.56. The molecular weight excluding hydrogens is 333 g/mol. The van der Waals surface area contributed by atoms with E-state index >= 15 is 0 Å². The molecule has 2 N–H and O–H groups in total. The van der Waals surface area contributed by atoms with Gasteiger partial charge in [0.15, 0.2) is 0 Å². The zero-order chi connectivity index (χ0) is 14.3. The van der Waals surface area contributed by atoms with Gasteiger partial charge in [-0.2, -0.15) is 0 Å². The van der Waals surface area contributed by atoms with Gasteiger partial charge in [0.2, 0.25) is 0 Å². The van der Waals surface area contributed by atoms with Gasteiger partial charge in [0.05, 0.1) is 11.9 Å². The van der Waals surface area contributed by atoms with Crippen LogP contribution in [0.15, 0.2) is 35.1 Å². The molecule has 0 saturated carbocycles. The van der Waals surface area contributed by atoms with Gasteiger partial charge in [-0.15, -0.1) is 0 Å². The van der Waals surface area contributed by atoms with Crippen LogP contribution >= 0.6 is 23.9 Å². The summed E-state index contributed by atoms with van der Waals surface area (Å²) in [5, 5.41) is 1.22. The molecule has 104 valence electrons. The average Bonchev–Trinajstić information content (AvgIpc) is 3.02. The van der Waals surface area contributed by atoms with Crippen molar-refractivity contribution in [3.8, 4) is 11.3 Å². The zero-order valence-corrected chi connectivity index (χ0v) is 14.2. The number of hydrogen-bond acceptors (Lipinski definition) is 1. The Balaban J connectivity index is 2.03. The van der Waals surface area contributed by atoms with Crippen LogP contribution in [0.1, 0.15) is 13.8 Å². The van der Waals surface area contributed by atoms with Gasteiger partial charge in [-0.3, -0.25) is 0 Å². The summed E-state index contributed by atoms with van der Waals surface area (Å²) in [6.07, 6.45) is 3.99. The second-order valence-corrected chi connectivity index (χ2v) is 8.81. The summed E-state index contributed by atoms with van der Waals surface area (Å²) in [6, 6.07) is 6.29. The van der Waals surface area contributed by atoms with Crippen LogP contribution in [0.25, 0.3) is 22.2 Å². The lowest BCUT2D eigenvalue weighted by Gasteiger charge is -2.12. The van der Waals surface area contributed by atoms with Crippen LogP contribution in [0.5, 0.6) is 0 Å². The van der Waals surface area contributed by atoms with E-state index in [1.54, 1.807) is 0 Å². The van der Waals surface area contributed by atoms with Crippen molar-refractivity contribution in [3.63, 3.8) is 0 Å². The molecular formula is C15H17BrN3P. The van der Waals surface area contributed by atoms with Gasteiger partial charge < -0.3 is 9.97 Å². The molecule has 3 aromatic rings. The summed E-state index contributed by atoms with van der Waals surface area (Å²) in [5.74, 6) is 0. The summed E-state index contributed by atoms with van der Waals surface area (Å²) < 4.78 is 1.08. The third-order valence-corrected chi connectivity index (χ3v) is 6.54. The maximum atomic E-state index is 4.57. The fourth-order valence-electron chi connectivity index (χ4n) is 2.19. The largest absolute Gasteiger partial charge is 0.360 e. The molecule has 0 saturated heterocycles. The van der Waals surface area contributed by atoms with Crippen LogP contribution in [-0.2, 0) is 0 Å². The minimum absolute atomic E-state index is 0.222. The van der Waals surface area contributed by atoms with Crippen LogP contribution in [0, 0.1) is 0 Å². The highest BCUT2D eigenvalue weighted by atomic mass is 79.9. The number of nitrogens with one attached hydrogen (secondary N) is 2. The average molecular weight is 350 g/mol. The maximum absolute atomic E-state index is 4.57. The first-order valence-corrected chi connectivity index (χ1v) is 9.26. The molecule has 0 aliphatic carbocycles. The second-order valence-electron chi connectivity index (χ2n) is 5.22. The van der Waals surface area contributed by atoms with Crippen molar-refractivity contribution in [2.24, 2.45) is 0 Å². The van der Waals surface area contributed by atoms with Crippen LogP contribution in [0.3, 0.4) is 0 Å². The summed E-state index contributed by atoms with van der Waals surface area (Å²) in [5.41, 5.74) is 5.16. The molecule has 5 heteroatoms. The number of aromatic amines is 2. The van der Waals surface area contributed by atoms with Gasteiger partial charge in [0, 0.05) is 27.1 Å². The van der Waals surface area contributed by atoms with Gasteiger partial charge in [0.1, 0.15) is 5.57 Å². The topological polar surface area (TPSA) is 44.5 Å². The fraction of sp³-hybridized carbons (Fsp3) is 0.267. The minimum Gasteiger partial charge on any atom is -0.360 e. The molecule has 0 radical (unpaired) electrons. The Morgan fingerprint density at radius 1 is 1.30 bits per heavy atom. The SMILES string of the molecule is CC(C)P(C)c1ncc(-c2c[nH]c3cc(Br)ccc23)[nH]1. The molecule has 3 nitrogen and oxygen atoms in total. The first kappa shape index (κ1) is 13.8. The second kappa shape index (κ2) is 5.34. The van der Waals surface area contributed by atoms with E-state index in [9.17, 15) is 0 Å². The summed E-state index contributed by atoms with van der Waals surface area (Å²) >= 11 is 3.50. The molecule has 1 unspecified atom stereocenters. The molecule has 0 fully saturated rings. The van der Waals surface area contributed by atoms with E-state index in [-0.39, 0.29) is 7.92 Å². The van der Waals surface area contributed by atoms with Crippen LogP contribution in [0.4, 0.5) is 0 Å². The number of hydrogen-bond donors (Lipinski definition) is 2. The predicted molar refractivity (Wildman–Crippen MR) is 91.2 cm³/mol. The lowest BCUT2D eigenvalue weighted by Crippen LogP contribution is -2.10. The molecule has 2 heterocycles. The monoisotopic (exact) mass is 349 g/mol. The zero-order valence-electron chi connectivity index (χ0n) is 11.7. The highest BCUT2D eigenvalue weighted by Crippen LogP contribution is 2.35. The van der Waals surface area contributed by atoms with E-state index in [0.717, 1.165) is 21.2 Å². The van der Waals surface area contributed by atoms with Crippen molar-refractivity contribution in [1.82, 2.24) is 15.0 Å². The van der Waals surface area contributed by atoms with Crippen LogP contribution in [-0.4, -0.2) is 27.3 Å². The maximum Gasteiger partial charge on any atom is 0.129 e. The highest BCUT2D eigenvalue weighted by molar-refractivity contribution is 9.10. The summed E-state index contributed by atoms with van der Waals surface area (Å²) in [4.78, 5) is 11.4. The molecule has 3 rings (SSSR count). The lowest BCUT2D eigenvalue weighted by atomic mass is 10.1. The number of aromatic nitrogens is 3. The third-order valence-electron chi connectivity index (χ3n) is 3.61. The summed E-state index contributed by atoms with van der Waals surface area (Å²) in [6.45, 7) is 6.77. The van der Waals surface area contributed by atoms with Crippen molar-refractivity contribution in [2.45, 2.75) is 19.5 Å². The number of halogens is 1. The molecule has 0 spiro atoms. The molecule has 1 atom stereocenters. The van der Waals surface area contributed by atoms with Gasteiger partial charge in [-0.1, -0.05) is 35.8 Å². The summed E-state index contributed by atoms with van der Waals surface area (Å²) in [7, 11) is -0.222. The van der Waals surface area contributed by atoms with Gasteiger partial charge in [-0.25, -0.2) is 4.98 Å². The normalized spacial score (nSPS) is 13.2. The smallest absolute Gasteiger partial charge is 0.129 e. The molecule has 1 aromatic carbocycles. The van der Waals surface area contributed by atoms with Gasteiger partial charge in [0.25, 0.3) is 0 Å². The molecule has 20 heavy (non-hydrogen) atoms. The predicted octanol–water partition coefficient (Wildman–Crippen LogP) is 4.47. The number of H-pyrrole nitrogens is 2. The van der Waals surface area contributed by atoms with E-state index in [4.69, 9.17) is 0 Å². The highest BCUT2D eigenvalue weighted by Gasteiger charge is 2.15. The molecule has 0 bridgehead atoms. The Bertz CT molecular complexity index is 744. The Labute approximate surface area is 128 Å². The molecule has 0 aliphatic rings. The number of rotatable bonds is 3. The van der Waals surface area contributed by atoms with E-state index in [1.807, 2.05) is 12.4 Å². The van der Waals surface area contributed by atoms with E-state index < -0.39 is 0 Å². The third kappa shape index (κ3) is 2.43. The van der Waals surface area contributed by atoms with E-state index in [0.29, 0.717) is 5.66 Å².